The number of halogens is 1. The van der Waals surface area contributed by atoms with Crippen LogP contribution >= 0.6 is 17.0 Å². The molecule has 0 aliphatic carbocycles. The van der Waals surface area contributed by atoms with Crippen molar-refractivity contribution in [2.45, 2.75) is 13.0 Å². The molecule has 0 saturated heterocycles. The summed E-state index contributed by atoms with van der Waals surface area (Å²) < 4.78 is 1.85. The highest BCUT2D eigenvalue weighted by molar-refractivity contribution is 8.93. The number of ketones is 1. The standard InChI is InChI=1S/C26H21N2O3.BrH/c29-26(24-10-8-23(9-11-24)22-4-2-1-3-5-22)19-27-16-14-21(15-17-27)18-20-6-12-25(13-7-20)28(30)31;/h1-17H,18-19H2;1H/q+1;. The third-order valence-corrected chi connectivity index (χ3v) is 5.16. The SMILES string of the molecule is Br.O=C(C[n+]1ccc(Cc2ccc([N+](=O)[O-])cc2)cc1)c1ccc(-c2ccccc2)cc1. The van der Waals surface area contributed by atoms with E-state index in [-0.39, 0.29) is 35.0 Å². The number of aromatic nitrogens is 1. The number of hydrogen-bond acceptors (Lipinski definition) is 3. The van der Waals surface area contributed by atoms with Gasteiger partial charge in [-0.3, -0.25) is 14.9 Å². The van der Waals surface area contributed by atoms with Gasteiger partial charge in [0.25, 0.3) is 5.69 Å². The summed E-state index contributed by atoms with van der Waals surface area (Å²) in [5, 5.41) is 10.8. The number of nitro benzene ring substituents is 1. The number of non-ortho nitro benzene ring substituents is 1. The Kier molecular flexibility index (Phi) is 7.63. The predicted molar refractivity (Wildman–Crippen MR) is 129 cm³/mol. The molecule has 0 radical (unpaired) electrons. The molecular formula is C26H22BrN2O3+. The van der Waals surface area contributed by atoms with Crippen LogP contribution in [0, 0.1) is 10.1 Å². The van der Waals surface area contributed by atoms with Gasteiger partial charge in [0.15, 0.2) is 12.4 Å². The molecule has 32 heavy (non-hydrogen) atoms. The van der Waals surface area contributed by atoms with Gasteiger partial charge in [-0.05, 0) is 28.7 Å². The maximum atomic E-state index is 12.6. The number of rotatable bonds is 7. The van der Waals surface area contributed by atoms with Gasteiger partial charge in [0, 0.05) is 29.8 Å². The third kappa shape index (κ3) is 5.74. The summed E-state index contributed by atoms with van der Waals surface area (Å²) in [6.45, 7) is 0.266. The van der Waals surface area contributed by atoms with Crippen LogP contribution in [0.3, 0.4) is 0 Å². The molecule has 0 amide bonds. The number of nitrogens with zero attached hydrogens (tertiary/aromatic N) is 2. The second kappa shape index (κ2) is 10.6. The van der Waals surface area contributed by atoms with Gasteiger partial charge in [-0.25, -0.2) is 0 Å². The Labute approximate surface area is 196 Å². The van der Waals surface area contributed by atoms with E-state index in [0.29, 0.717) is 12.0 Å². The maximum Gasteiger partial charge on any atom is 0.269 e. The summed E-state index contributed by atoms with van der Waals surface area (Å²) in [6, 6.07) is 28.2. The lowest BCUT2D eigenvalue weighted by Crippen LogP contribution is -2.37. The van der Waals surface area contributed by atoms with E-state index >= 15 is 0 Å². The Morgan fingerprint density at radius 3 is 1.91 bits per heavy atom. The summed E-state index contributed by atoms with van der Waals surface area (Å²) in [5.74, 6) is 0.0488. The fourth-order valence-electron chi connectivity index (χ4n) is 3.42. The Hall–Kier alpha value is -3.64. The molecule has 6 heteroatoms. The summed E-state index contributed by atoms with van der Waals surface area (Å²) in [7, 11) is 0. The largest absolute Gasteiger partial charge is 0.287 e. The molecule has 0 unspecified atom stereocenters. The normalized spacial score (nSPS) is 10.2. The minimum atomic E-state index is -0.401. The van der Waals surface area contributed by atoms with Gasteiger partial charge in [-0.15, -0.1) is 17.0 Å². The molecule has 5 nitrogen and oxygen atoms in total. The van der Waals surface area contributed by atoms with Crippen LogP contribution in [0.1, 0.15) is 21.5 Å². The van der Waals surface area contributed by atoms with Crippen LogP contribution in [0.5, 0.6) is 0 Å². The van der Waals surface area contributed by atoms with E-state index in [1.165, 1.54) is 12.1 Å². The fraction of sp³-hybridized carbons (Fsp3) is 0.0769. The molecule has 0 aliphatic rings. The van der Waals surface area contributed by atoms with Crippen molar-refractivity contribution in [3.63, 3.8) is 0 Å². The molecule has 0 aliphatic heterocycles. The summed E-state index contributed by atoms with van der Waals surface area (Å²) in [5.41, 5.74) is 5.05. The molecular weight excluding hydrogens is 468 g/mol. The van der Waals surface area contributed by atoms with E-state index in [0.717, 1.165) is 22.3 Å². The number of pyridine rings is 1. The third-order valence-electron chi connectivity index (χ3n) is 5.16. The molecule has 3 aromatic carbocycles. The zero-order valence-corrected chi connectivity index (χ0v) is 19.0. The minimum absolute atomic E-state index is 0. The van der Waals surface area contributed by atoms with Crippen LogP contribution in [0.2, 0.25) is 0 Å². The Bertz CT molecular complexity index is 1190. The van der Waals surface area contributed by atoms with E-state index in [2.05, 4.69) is 0 Å². The van der Waals surface area contributed by atoms with Gasteiger partial charge >= 0.3 is 0 Å². The molecule has 160 valence electrons. The molecule has 1 aromatic heterocycles. The van der Waals surface area contributed by atoms with E-state index < -0.39 is 4.92 Å². The molecule has 0 atom stereocenters. The van der Waals surface area contributed by atoms with E-state index in [1.807, 2.05) is 83.7 Å². The van der Waals surface area contributed by atoms with Gasteiger partial charge in [0.2, 0.25) is 12.3 Å². The van der Waals surface area contributed by atoms with Crippen LogP contribution < -0.4 is 4.57 Å². The van der Waals surface area contributed by atoms with Gasteiger partial charge in [-0.2, -0.15) is 4.57 Å². The van der Waals surface area contributed by atoms with Crippen molar-refractivity contribution in [2.24, 2.45) is 0 Å². The fourth-order valence-corrected chi connectivity index (χ4v) is 3.42. The van der Waals surface area contributed by atoms with Crippen LogP contribution in [-0.2, 0) is 13.0 Å². The molecule has 0 spiro atoms. The zero-order chi connectivity index (χ0) is 21.6. The van der Waals surface area contributed by atoms with Crippen molar-refractivity contribution in [1.29, 1.82) is 0 Å². The lowest BCUT2D eigenvalue weighted by atomic mass is 10.0. The second-order valence-corrected chi connectivity index (χ2v) is 7.35. The molecule has 4 rings (SSSR count). The van der Waals surface area contributed by atoms with Gasteiger partial charge in [-0.1, -0.05) is 66.7 Å². The zero-order valence-electron chi connectivity index (χ0n) is 17.3. The molecule has 4 aromatic rings. The lowest BCUT2D eigenvalue weighted by molar-refractivity contribution is -0.683. The van der Waals surface area contributed by atoms with Crippen molar-refractivity contribution in [3.05, 3.63) is 130 Å². The van der Waals surface area contributed by atoms with Crippen molar-refractivity contribution in [3.8, 4) is 11.1 Å². The summed E-state index contributed by atoms with van der Waals surface area (Å²) in [6.07, 6.45) is 4.45. The first-order valence-corrected chi connectivity index (χ1v) is 9.98. The average Bonchev–Trinajstić information content (AvgIpc) is 2.81. The highest BCUT2D eigenvalue weighted by atomic mass is 79.9. The maximum absolute atomic E-state index is 12.6. The van der Waals surface area contributed by atoms with Crippen molar-refractivity contribution in [1.82, 2.24) is 0 Å². The Balaban J connectivity index is 0.00000289. The first-order valence-electron chi connectivity index (χ1n) is 9.98. The van der Waals surface area contributed by atoms with Crippen molar-refractivity contribution < 1.29 is 14.3 Å². The van der Waals surface area contributed by atoms with E-state index in [4.69, 9.17) is 0 Å². The number of hydrogen-bond donors (Lipinski definition) is 0. The highest BCUT2D eigenvalue weighted by Gasteiger charge is 2.13. The topological polar surface area (TPSA) is 64.1 Å². The van der Waals surface area contributed by atoms with Crippen LogP contribution in [0.15, 0.2) is 103 Å². The Morgan fingerprint density at radius 2 is 1.31 bits per heavy atom. The molecule has 0 N–H and O–H groups in total. The lowest BCUT2D eigenvalue weighted by Gasteiger charge is -2.04. The van der Waals surface area contributed by atoms with Crippen LogP contribution in [0.25, 0.3) is 11.1 Å². The first kappa shape index (κ1) is 23.0. The van der Waals surface area contributed by atoms with Gasteiger partial charge < -0.3 is 0 Å². The molecule has 0 fully saturated rings. The Morgan fingerprint density at radius 1 is 0.750 bits per heavy atom. The summed E-state index contributed by atoms with van der Waals surface area (Å²) in [4.78, 5) is 23.0. The molecule has 0 bridgehead atoms. The second-order valence-electron chi connectivity index (χ2n) is 7.35. The van der Waals surface area contributed by atoms with E-state index in [9.17, 15) is 14.9 Å². The monoisotopic (exact) mass is 489 g/mol. The number of carbonyl (C=O) groups is 1. The number of carbonyl (C=O) groups excluding carboxylic acids is 1. The first-order chi connectivity index (χ1) is 15.1. The van der Waals surface area contributed by atoms with Crippen molar-refractivity contribution >= 4 is 28.5 Å². The number of nitro groups is 1. The van der Waals surface area contributed by atoms with Crippen molar-refractivity contribution in [2.75, 3.05) is 0 Å². The highest BCUT2D eigenvalue weighted by Crippen LogP contribution is 2.19. The smallest absolute Gasteiger partial charge is 0.269 e. The average molecular weight is 490 g/mol. The number of benzene rings is 3. The molecule has 1 heterocycles. The van der Waals surface area contributed by atoms with Crippen LogP contribution in [-0.4, -0.2) is 10.7 Å². The van der Waals surface area contributed by atoms with Gasteiger partial charge in [0.05, 0.1) is 4.92 Å². The number of Topliss-reactive ketones (excluding diaryl/α,β-unsaturated/α-hetero) is 1. The summed E-state index contributed by atoms with van der Waals surface area (Å²) >= 11 is 0. The molecule has 0 saturated carbocycles. The van der Waals surface area contributed by atoms with E-state index in [1.54, 1.807) is 12.1 Å². The quantitative estimate of drug-likeness (QED) is 0.147. The predicted octanol–water partition coefficient (Wildman–Crippen LogP) is 5.60. The van der Waals surface area contributed by atoms with Crippen LogP contribution in [0.4, 0.5) is 5.69 Å². The van der Waals surface area contributed by atoms with Gasteiger partial charge in [0.1, 0.15) is 0 Å². The minimum Gasteiger partial charge on any atom is -0.287 e.